The smallest absolute Gasteiger partial charge is 0.243 e. The highest BCUT2D eigenvalue weighted by Gasteiger charge is 2.33. The van der Waals surface area contributed by atoms with Gasteiger partial charge < -0.3 is 9.42 Å². The molecule has 0 aromatic carbocycles. The van der Waals surface area contributed by atoms with E-state index in [1.54, 1.807) is 4.90 Å². The predicted molar refractivity (Wildman–Crippen MR) is 77.7 cm³/mol. The summed E-state index contributed by atoms with van der Waals surface area (Å²) in [6, 6.07) is 0.139. The van der Waals surface area contributed by atoms with E-state index < -0.39 is 0 Å². The van der Waals surface area contributed by atoms with Crippen LogP contribution < -0.4 is 0 Å². The lowest BCUT2D eigenvalue weighted by Crippen LogP contribution is -2.41. The summed E-state index contributed by atoms with van der Waals surface area (Å²) in [5, 5.41) is 4.09. The second-order valence-corrected chi connectivity index (χ2v) is 6.48. The highest BCUT2D eigenvalue weighted by Crippen LogP contribution is 2.38. The van der Waals surface area contributed by atoms with Gasteiger partial charge in [-0.2, -0.15) is 4.98 Å². The van der Waals surface area contributed by atoms with Crippen molar-refractivity contribution in [3.8, 4) is 0 Å². The molecule has 0 spiro atoms. The van der Waals surface area contributed by atoms with Crippen LogP contribution in [0, 0.1) is 5.92 Å². The first-order chi connectivity index (χ1) is 10.1. The van der Waals surface area contributed by atoms with Gasteiger partial charge in [-0.1, -0.05) is 5.16 Å². The van der Waals surface area contributed by atoms with Crippen molar-refractivity contribution in [2.24, 2.45) is 5.92 Å². The molecule has 1 aliphatic carbocycles. The molecular formula is C15H24N4O2. The van der Waals surface area contributed by atoms with Crippen molar-refractivity contribution < 1.29 is 9.32 Å². The largest absolute Gasteiger partial charge is 0.349 e. The molecule has 2 heterocycles. The van der Waals surface area contributed by atoms with Gasteiger partial charge in [-0.15, -0.1) is 0 Å². The Bertz CT molecular complexity index is 502. The molecule has 1 saturated carbocycles. The minimum Gasteiger partial charge on any atom is -0.349 e. The monoisotopic (exact) mass is 292 g/mol. The van der Waals surface area contributed by atoms with E-state index in [0.29, 0.717) is 11.8 Å². The predicted octanol–water partition coefficient (Wildman–Crippen LogP) is 1.81. The van der Waals surface area contributed by atoms with E-state index in [-0.39, 0.29) is 17.9 Å². The SMILES string of the molecule is CC(c1nc(C2CC2)no1)N1CCC(C(=O)N(C)C)CC1. The molecule has 1 aromatic heterocycles. The standard InChI is InChI=1S/C15H24N4O2/c1-10(14-16-13(17-21-14)11-4-5-11)19-8-6-12(7-9-19)15(20)18(2)3/h10-12H,4-9H2,1-3H3. The first-order valence-electron chi connectivity index (χ1n) is 7.85. The summed E-state index contributed by atoms with van der Waals surface area (Å²) < 4.78 is 5.42. The molecule has 21 heavy (non-hydrogen) atoms. The van der Waals surface area contributed by atoms with E-state index in [9.17, 15) is 4.79 Å². The van der Waals surface area contributed by atoms with E-state index in [2.05, 4.69) is 22.0 Å². The van der Waals surface area contributed by atoms with Crippen LogP contribution in [0.25, 0.3) is 0 Å². The molecule has 0 N–H and O–H groups in total. The van der Waals surface area contributed by atoms with Crippen LogP contribution in [0.15, 0.2) is 4.52 Å². The fourth-order valence-corrected chi connectivity index (χ4v) is 2.98. The van der Waals surface area contributed by atoms with Crippen LogP contribution in [0.3, 0.4) is 0 Å². The summed E-state index contributed by atoms with van der Waals surface area (Å²) in [5.41, 5.74) is 0. The number of nitrogens with zero attached hydrogens (tertiary/aromatic N) is 4. The third-order valence-corrected chi connectivity index (χ3v) is 4.62. The number of amides is 1. The third kappa shape index (κ3) is 3.10. The molecule has 1 saturated heterocycles. The maximum Gasteiger partial charge on any atom is 0.243 e. The zero-order valence-corrected chi connectivity index (χ0v) is 13.1. The summed E-state index contributed by atoms with van der Waals surface area (Å²) in [6.07, 6.45) is 4.19. The average Bonchev–Trinajstić information content (AvgIpc) is 3.23. The molecule has 1 atom stereocenters. The highest BCUT2D eigenvalue weighted by atomic mass is 16.5. The van der Waals surface area contributed by atoms with Gasteiger partial charge in [0.25, 0.3) is 0 Å². The van der Waals surface area contributed by atoms with Crippen LogP contribution in [-0.2, 0) is 4.79 Å². The van der Waals surface area contributed by atoms with Crippen LogP contribution in [-0.4, -0.2) is 53.0 Å². The Hall–Kier alpha value is -1.43. The number of carbonyl (C=O) groups is 1. The van der Waals surface area contributed by atoms with Gasteiger partial charge in [0.2, 0.25) is 11.8 Å². The Balaban J connectivity index is 1.56. The van der Waals surface area contributed by atoms with Gasteiger partial charge in [0, 0.05) is 25.9 Å². The second kappa shape index (κ2) is 5.75. The number of rotatable bonds is 4. The first kappa shape index (κ1) is 14.5. The summed E-state index contributed by atoms with van der Waals surface area (Å²) in [4.78, 5) is 20.6. The third-order valence-electron chi connectivity index (χ3n) is 4.62. The molecule has 3 rings (SSSR count). The maximum absolute atomic E-state index is 12.0. The van der Waals surface area contributed by atoms with Crippen LogP contribution in [0.2, 0.25) is 0 Å². The van der Waals surface area contributed by atoms with Gasteiger partial charge in [0.15, 0.2) is 5.82 Å². The van der Waals surface area contributed by atoms with Crippen LogP contribution in [0.4, 0.5) is 0 Å². The number of hydrogen-bond donors (Lipinski definition) is 0. The number of carbonyl (C=O) groups excluding carboxylic acids is 1. The fraction of sp³-hybridized carbons (Fsp3) is 0.800. The van der Waals surface area contributed by atoms with Gasteiger partial charge in [-0.3, -0.25) is 9.69 Å². The average molecular weight is 292 g/mol. The van der Waals surface area contributed by atoms with E-state index in [0.717, 1.165) is 31.8 Å². The molecule has 116 valence electrons. The van der Waals surface area contributed by atoms with Gasteiger partial charge >= 0.3 is 0 Å². The van der Waals surface area contributed by atoms with Gasteiger partial charge in [-0.25, -0.2) is 0 Å². The van der Waals surface area contributed by atoms with Gasteiger partial charge in [-0.05, 0) is 45.7 Å². The number of piperidine rings is 1. The molecule has 1 amide bonds. The molecule has 1 aliphatic heterocycles. The second-order valence-electron chi connectivity index (χ2n) is 6.48. The normalized spacial score (nSPS) is 22.2. The zero-order valence-electron chi connectivity index (χ0n) is 13.1. The summed E-state index contributed by atoms with van der Waals surface area (Å²) in [5.74, 6) is 2.52. The number of aromatic nitrogens is 2. The molecule has 6 heteroatoms. The molecule has 1 aromatic rings. The lowest BCUT2D eigenvalue weighted by atomic mass is 9.94. The van der Waals surface area contributed by atoms with Crippen molar-refractivity contribution in [2.45, 2.75) is 44.6 Å². The lowest BCUT2D eigenvalue weighted by Gasteiger charge is -2.34. The zero-order chi connectivity index (χ0) is 15.0. The molecule has 6 nitrogen and oxygen atoms in total. The maximum atomic E-state index is 12.0. The Morgan fingerprint density at radius 1 is 1.29 bits per heavy atom. The first-order valence-corrected chi connectivity index (χ1v) is 7.85. The summed E-state index contributed by atoms with van der Waals surface area (Å²) in [7, 11) is 3.66. The van der Waals surface area contributed by atoms with Crippen molar-refractivity contribution in [1.29, 1.82) is 0 Å². The highest BCUT2D eigenvalue weighted by molar-refractivity contribution is 5.78. The van der Waals surface area contributed by atoms with Gasteiger partial charge in [0.1, 0.15) is 0 Å². The number of likely N-dealkylation sites (tertiary alicyclic amines) is 1. The molecule has 1 unspecified atom stereocenters. The Morgan fingerprint density at radius 3 is 2.52 bits per heavy atom. The van der Waals surface area contributed by atoms with Crippen molar-refractivity contribution in [3.63, 3.8) is 0 Å². The molecule has 0 bridgehead atoms. The Labute approximate surface area is 125 Å². The molecule has 0 radical (unpaired) electrons. The van der Waals surface area contributed by atoms with Crippen LogP contribution >= 0.6 is 0 Å². The lowest BCUT2D eigenvalue weighted by molar-refractivity contribution is -0.134. The van der Waals surface area contributed by atoms with E-state index in [4.69, 9.17) is 4.52 Å². The van der Waals surface area contributed by atoms with E-state index in [1.807, 2.05) is 14.1 Å². The minimum atomic E-state index is 0.139. The van der Waals surface area contributed by atoms with Crippen LogP contribution in [0.5, 0.6) is 0 Å². The summed E-state index contributed by atoms with van der Waals surface area (Å²) in [6.45, 7) is 3.93. The van der Waals surface area contributed by atoms with E-state index >= 15 is 0 Å². The van der Waals surface area contributed by atoms with Crippen molar-refractivity contribution >= 4 is 5.91 Å². The quantitative estimate of drug-likeness (QED) is 0.847. The van der Waals surface area contributed by atoms with Gasteiger partial charge in [0.05, 0.1) is 6.04 Å². The minimum absolute atomic E-state index is 0.139. The molecule has 2 fully saturated rings. The topological polar surface area (TPSA) is 62.5 Å². The molecular weight excluding hydrogens is 268 g/mol. The number of hydrogen-bond acceptors (Lipinski definition) is 5. The van der Waals surface area contributed by atoms with Crippen molar-refractivity contribution in [1.82, 2.24) is 19.9 Å². The Morgan fingerprint density at radius 2 is 1.95 bits per heavy atom. The fourth-order valence-electron chi connectivity index (χ4n) is 2.98. The van der Waals surface area contributed by atoms with Crippen molar-refractivity contribution in [3.05, 3.63) is 11.7 Å². The van der Waals surface area contributed by atoms with E-state index in [1.165, 1.54) is 12.8 Å². The Kier molecular flexibility index (Phi) is 3.97. The summed E-state index contributed by atoms with van der Waals surface area (Å²) >= 11 is 0. The van der Waals surface area contributed by atoms with Crippen LogP contribution in [0.1, 0.15) is 56.3 Å². The van der Waals surface area contributed by atoms with Crippen molar-refractivity contribution in [2.75, 3.05) is 27.2 Å². The molecule has 2 aliphatic rings.